The largest absolute Gasteiger partial charge is 0.490 e. The van der Waals surface area contributed by atoms with Gasteiger partial charge in [0.25, 0.3) is 0 Å². The summed E-state index contributed by atoms with van der Waals surface area (Å²) in [5.41, 5.74) is 7.40. The van der Waals surface area contributed by atoms with Crippen LogP contribution in [0.3, 0.4) is 0 Å². The SMILES string of the molecule is CCc1c2c(cc(Br)c1-c1noc(CN)n1)OCCCO2. The molecule has 0 fully saturated rings. The molecule has 1 aliphatic heterocycles. The van der Waals surface area contributed by atoms with E-state index in [9.17, 15) is 0 Å². The molecule has 0 atom stereocenters. The second-order valence-corrected chi connectivity index (χ2v) is 5.51. The Morgan fingerprint density at radius 1 is 1.33 bits per heavy atom. The third-order valence-corrected chi connectivity index (χ3v) is 3.93. The molecule has 1 aliphatic rings. The van der Waals surface area contributed by atoms with Crippen LogP contribution in [-0.4, -0.2) is 23.4 Å². The zero-order valence-electron chi connectivity index (χ0n) is 11.7. The number of aromatic nitrogens is 2. The number of fused-ring (bicyclic) bond motifs is 1. The van der Waals surface area contributed by atoms with E-state index in [0.717, 1.165) is 39.9 Å². The highest BCUT2D eigenvalue weighted by molar-refractivity contribution is 9.10. The Morgan fingerprint density at radius 2 is 2.14 bits per heavy atom. The smallest absolute Gasteiger partial charge is 0.240 e. The van der Waals surface area contributed by atoms with Gasteiger partial charge in [-0.15, -0.1) is 0 Å². The van der Waals surface area contributed by atoms with Crippen molar-refractivity contribution >= 4 is 15.9 Å². The molecule has 0 bridgehead atoms. The molecule has 7 heteroatoms. The molecule has 0 spiro atoms. The van der Waals surface area contributed by atoms with Crippen LogP contribution < -0.4 is 15.2 Å². The third kappa shape index (κ3) is 2.63. The summed E-state index contributed by atoms with van der Waals surface area (Å²) in [5.74, 6) is 2.44. The highest BCUT2D eigenvalue weighted by Crippen LogP contribution is 2.43. The molecule has 21 heavy (non-hydrogen) atoms. The monoisotopic (exact) mass is 353 g/mol. The summed E-state index contributed by atoms with van der Waals surface area (Å²) in [6.45, 7) is 3.57. The fraction of sp³-hybridized carbons (Fsp3) is 0.429. The van der Waals surface area contributed by atoms with Crippen LogP contribution in [0.25, 0.3) is 11.4 Å². The Kier molecular flexibility index (Phi) is 4.12. The molecule has 0 aliphatic carbocycles. The van der Waals surface area contributed by atoms with Gasteiger partial charge in [-0.1, -0.05) is 12.1 Å². The van der Waals surface area contributed by atoms with Gasteiger partial charge < -0.3 is 19.7 Å². The first-order valence-corrected chi connectivity index (χ1v) is 7.67. The lowest BCUT2D eigenvalue weighted by molar-refractivity contribution is 0.296. The first kappa shape index (κ1) is 14.3. The topological polar surface area (TPSA) is 83.4 Å². The molecule has 2 heterocycles. The first-order chi connectivity index (χ1) is 10.2. The molecular weight excluding hydrogens is 338 g/mol. The van der Waals surface area contributed by atoms with Gasteiger partial charge in [0.05, 0.1) is 19.8 Å². The molecule has 1 aromatic carbocycles. The summed E-state index contributed by atoms with van der Waals surface area (Å²) in [7, 11) is 0. The lowest BCUT2D eigenvalue weighted by atomic mass is 10.0. The van der Waals surface area contributed by atoms with Crippen LogP contribution >= 0.6 is 15.9 Å². The van der Waals surface area contributed by atoms with Crippen LogP contribution in [0.2, 0.25) is 0 Å². The van der Waals surface area contributed by atoms with Gasteiger partial charge >= 0.3 is 0 Å². The molecule has 0 amide bonds. The van der Waals surface area contributed by atoms with Crippen LogP contribution in [0.1, 0.15) is 24.8 Å². The van der Waals surface area contributed by atoms with Crippen molar-refractivity contribution < 1.29 is 14.0 Å². The predicted octanol–water partition coefficient (Wildman–Crippen LogP) is 2.68. The lowest BCUT2D eigenvalue weighted by Crippen LogP contribution is -2.01. The number of nitrogens with two attached hydrogens (primary N) is 1. The van der Waals surface area contributed by atoms with Gasteiger partial charge in [0, 0.05) is 22.0 Å². The third-order valence-electron chi connectivity index (χ3n) is 3.31. The number of ether oxygens (including phenoxy) is 2. The van der Waals surface area contributed by atoms with Gasteiger partial charge in [0.15, 0.2) is 11.5 Å². The van der Waals surface area contributed by atoms with E-state index in [2.05, 4.69) is 33.0 Å². The van der Waals surface area contributed by atoms with E-state index in [4.69, 9.17) is 19.7 Å². The molecule has 0 saturated heterocycles. The van der Waals surface area contributed by atoms with E-state index in [0.29, 0.717) is 24.9 Å². The highest BCUT2D eigenvalue weighted by Gasteiger charge is 2.23. The Labute approximate surface area is 130 Å². The summed E-state index contributed by atoms with van der Waals surface area (Å²) < 4.78 is 17.6. The van der Waals surface area contributed by atoms with Crippen molar-refractivity contribution in [2.24, 2.45) is 5.73 Å². The van der Waals surface area contributed by atoms with Crippen molar-refractivity contribution in [1.29, 1.82) is 0 Å². The van der Waals surface area contributed by atoms with E-state index < -0.39 is 0 Å². The standard InChI is InChI=1S/C14H16BrN3O3/c1-2-8-12(14-17-11(7-16)21-18-14)9(15)6-10-13(8)20-5-3-4-19-10/h6H,2-5,7,16H2,1H3. The van der Waals surface area contributed by atoms with Crippen LogP contribution in [0.4, 0.5) is 0 Å². The van der Waals surface area contributed by atoms with Crippen LogP contribution in [-0.2, 0) is 13.0 Å². The molecule has 0 radical (unpaired) electrons. The fourth-order valence-electron chi connectivity index (χ4n) is 2.36. The van der Waals surface area contributed by atoms with E-state index in [1.165, 1.54) is 0 Å². The van der Waals surface area contributed by atoms with Crippen LogP contribution in [0, 0.1) is 0 Å². The second kappa shape index (κ2) is 6.03. The van der Waals surface area contributed by atoms with Gasteiger partial charge in [-0.2, -0.15) is 4.98 Å². The van der Waals surface area contributed by atoms with E-state index in [1.807, 2.05) is 6.07 Å². The normalized spacial score (nSPS) is 14.0. The summed E-state index contributed by atoms with van der Waals surface area (Å²) in [6, 6.07) is 1.90. The Morgan fingerprint density at radius 3 is 2.86 bits per heavy atom. The first-order valence-electron chi connectivity index (χ1n) is 6.88. The Bertz CT molecular complexity index is 657. The average Bonchev–Trinajstić information content (AvgIpc) is 2.84. The van der Waals surface area contributed by atoms with E-state index in [-0.39, 0.29) is 6.54 Å². The molecule has 2 aromatic rings. The molecular formula is C14H16BrN3O3. The highest BCUT2D eigenvalue weighted by atomic mass is 79.9. The van der Waals surface area contributed by atoms with Crippen LogP contribution in [0.5, 0.6) is 11.5 Å². The summed E-state index contributed by atoms with van der Waals surface area (Å²) in [4.78, 5) is 4.31. The Balaban J connectivity index is 2.17. The molecule has 0 saturated carbocycles. The van der Waals surface area contributed by atoms with Crippen LogP contribution in [0.15, 0.2) is 15.1 Å². The maximum Gasteiger partial charge on any atom is 0.240 e. The maximum atomic E-state index is 5.86. The minimum atomic E-state index is 0.219. The lowest BCUT2D eigenvalue weighted by Gasteiger charge is -2.15. The minimum Gasteiger partial charge on any atom is -0.490 e. The maximum absolute atomic E-state index is 5.86. The number of halogens is 1. The van der Waals surface area contributed by atoms with Gasteiger partial charge in [-0.25, -0.2) is 0 Å². The van der Waals surface area contributed by atoms with Crippen molar-refractivity contribution in [2.45, 2.75) is 26.3 Å². The second-order valence-electron chi connectivity index (χ2n) is 4.66. The Hall–Kier alpha value is -1.60. The quantitative estimate of drug-likeness (QED) is 0.913. The van der Waals surface area contributed by atoms with Gasteiger partial charge in [0.1, 0.15) is 0 Å². The number of rotatable bonds is 3. The molecule has 1 aromatic heterocycles. The van der Waals surface area contributed by atoms with Crippen molar-refractivity contribution in [3.05, 3.63) is 22.0 Å². The van der Waals surface area contributed by atoms with Crippen molar-refractivity contribution in [2.75, 3.05) is 13.2 Å². The molecule has 6 nitrogen and oxygen atoms in total. The predicted molar refractivity (Wildman–Crippen MR) is 80.3 cm³/mol. The number of nitrogens with zero attached hydrogens (tertiary/aromatic N) is 2. The van der Waals surface area contributed by atoms with Crippen molar-refractivity contribution in [3.63, 3.8) is 0 Å². The van der Waals surface area contributed by atoms with Crippen molar-refractivity contribution in [1.82, 2.24) is 10.1 Å². The summed E-state index contributed by atoms with van der Waals surface area (Å²) in [6.07, 6.45) is 1.64. The molecule has 2 N–H and O–H groups in total. The van der Waals surface area contributed by atoms with Gasteiger partial charge in [0.2, 0.25) is 11.7 Å². The van der Waals surface area contributed by atoms with Gasteiger partial charge in [-0.3, -0.25) is 0 Å². The zero-order valence-corrected chi connectivity index (χ0v) is 13.3. The zero-order chi connectivity index (χ0) is 14.8. The summed E-state index contributed by atoms with van der Waals surface area (Å²) in [5, 5.41) is 4.01. The number of benzene rings is 1. The fourth-order valence-corrected chi connectivity index (χ4v) is 2.98. The van der Waals surface area contributed by atoms with E-state index >= 15 is 0 Å². The number of hydrogen-bond donors (Lipinski definition) is 1. The van der Waals surface area contributed by atoms with Crippen molar-refractivity contribution in [3.8, 4) is 22.9 Å². The summed E-state index contributed by atoms with van der Waals surface area (Å²) >= 11 is 3.57. The minimum absolute atomic E-state index is 0.219. The molecule has 112 valence electrons. The number of hydrogen-bond acceptors (Lipinski definition) is 6. The molecule has 3 rings (SSSR count). The van der Waals surface area contributed by atoms with E-state index in [1.54, 1.807) is 0 Å². The van der Waals surface area contributed by atoms with Gasteiger partial charge in [-0.05, 0) is 28.4 Å². The average molecular weight is 354 g/mol. The molecule has 0 unspecified atom stereocenters.